The Balaban J connectivity index is 0.00000112. The first-order valence-corrected chi connectivity index (χ1v) is 4.95. The maximum absolute atomic E-state index is 5.51. The Hall–Kier alpha value is -0.770. The van der Waals surface area contributed by atoms with Crippen molar-refractivity contribution in [3.8, 4) is 0 Å². The molecule has 90 valence electrons. The minimum absolute atomic E-state index is 0. The number of benzene rings is 1. The molecule has 0 unspecified atom stereocenters. The molecule has 1 aromatic heterocycles. The van der Waals surface area contributed by atoms with Crippen molar-refractivity contribution in [3.63, 3.8) is 0 Å². The van der Waals surface area contributed by atoms with Gasteiger partial charge in [-0.3, -0.25) is 0 Å². The highest BCUT2D eigenvalue weighted by atomic mass is 35.5. The van der Waals surface area contributed by atoms with Crippen LogP contribution in [0.5, 0.6) is 0 Å². The number of rotatable bonds is 3. The molecule has 0 aliphatic heterocycles. The van der Waals surface area contributed by atoms with Gasteiger partial charge in [0, 0.05) is 6.54 Å². The summed E-state index contributed by atoms with van der Waals surface area (Å²) < 4.78 is 2.22. The smallest absolute Gasteiger partial charge is 0.106 e. The maximum atomic E-state index is 5.51. The number of nitrogens with two attached hydrogens (primary N) is 1. The first-order valence-electron chi connectivity index (χ1n) is 4.95. The Labute approximate surface area is 108 Å². The average Bonchev–Trinajstić information content (AvgIpc) is 2.51. The Morgan fingerprint density at radius 2 is 1.94 bits per heavy atom. The van der Waals surface area contributed by atoms with E-state index in [0.29, 0.717) is 0 Å². The SMILES string of the molecule is Cc1nc2ccccc2n1CCCN.Cl.Cl. The molecule has 0 aliphatic carbocycles. The van der Waals surface area contributed by atoms with Crippen LogP contribution in [-0.2, 0) is 6.54 Å². The number of hydrogen-bond acceptors (Lipinski definition) is 2. The summed E-state index contributed by atoms with van der Waals surface area (Å²) in [5.41, 5.74) is 7.78. The molecule has 0 amide bonds. The Morgan fingerprint density at radius 1 is 1.25 bits per heavy atom. The van der Waals surface area contributed by atoms with Crippen LogP contribution in [0.1, 0.15) is 12.2 Å². The summed E-state index contributed by atoms with van der Waals surface area (Å²) >= 11 is 0. The topological polar surface area (TPSA) is 43.8 Å². The van der Waals surface area contributed by atoms with Gasteiger partial charge < -0.3 is 10.3 Å². The van der Waals surface area contributed by atoms with Gasteiger partial charge in [0.25, 0.3) is 0 Å². The van der Waals surface area contributed by atoms with E-state index >= 15 is 0 Å². The lowest BCUT2D eigenvalue weighted by molar-refractivity contribution is 0.649. The zero-order valence-corrected chi connectivity index (χ0v) is 10.9. The Morgan fingerprint density at radius 3 is 2.62 bits per heavy atom. The van der Waals surface area contributed by atoms with Gasteiger partial charge in [-0.05, 0) is 32.0 Å². The summed E-state index contributed by atoms with van der Waals surface area (Å²) in [5, 5.41) is 0. The van der Waals surface area contributed by atoms with Crippen molar-refractivity contribution in [2.24, 2.45) is 5.73 Å². The molecule has 0 saturated carbocycles. The van der Waals surface area contributed by atoms with Crippen LogP contribution in [0.4, 0.5) is 0 Å². The molecule has 2 N–H and O–H groups in total. The fourth-order valence-corrected chi connectivity index (χ4v) is 1.73. The molecule has 0 radical (unpaired) electrons. The number of imidazole rings is 1. The predicted octanol–water partition coefficient (Wildman–Crippen LogP) is 2.54. The zero-order chi connectivity index (χ0) is 9.97. The van der Waals surface area contributed by atoms with Crippen molar-refractivity contribution in [2.45, 2.75) is 19.9 Å². The second-order valence-corrected chi connectivity index (χ2v) is 3.44. The molecule has 0 saturated heterocycles. The highest BCUT2D eigenvalue weighted by Crippen LogP contribution is 2.15. The van der Waals surface area contributed by atoms with Gasteiger partial charge in [0.15, 0.2) is 0 Å². The minimum Gasteiger partial charge on any atom is -0.330 e. The van der Waals surface area contributed by atoms with Crippen molar-refractivity contribution in [3.05, 3.63) is 30.1 Å². The largest absolute Gasteiger partial charge is 0.330 e. The fraction of sp³-hybridized carbons (Fsp3) is 0.364. The van der Waals surface area contributed by atoms with Crippen molar-refractivity contribution < 1.29 is 0 Å². The molecular formula is C11H17Cl2N3. The van der Waals surface area contributed by atoms with Crippen LogP contribution in [0.15, 0.2) is 24.3 Å². The second kappa shape index (κ2) is 6.74. The first-order chi connectivity index (χ1) is 6.83. The molecule has 0 atom stereocenters. The van der Waals surface area contributed by atoms with Crippen LogP contribution in [0.25, 0.3) is 11.0 Å². The fourth-order valence-electron chi connectivity index (χ4n) is 1.73. The maximum Gasteiger partial charge on any atom is 0.106 e. The zero-order valence-electron chi connectivity index (χ0n) is 9.22. The monoisotopic (exact) mass is 261 g/mol. The van der Waals surface area contributed by atoms with Crippen LogP contribution in [0.2, 0.25) is 0 Å². The molecule has 0 fully saturated rings. The van der Waals surface area contributed by atoms with Crippen LogP contribution in [0.3, 0.4) is 0 Å². The Bertz CT molecular complexity index is 440. The van der Waals surface area contributed by atoms with E-state index in [0.717, 1.165) is 30.9 Å². The molecule has 3 nitrogen and oxygen atoms in total. The van der Waals surface area contributed by atoms with E-state index in [1.165, 1.54) is 5.52 Å². The molecule has 1 heterocycles. The van der Waals surface area contributed by atoms with Crippen LogP contribution in [-0.4, -0.2) is 16.1 Å². The van der Waals surface area contributed by atoms with Gasteiger partial charge >= 0.3 is 0 Å². The number of halogens is 2. The van der Waals surface area contributed by atoms with Gasteiger partial charge in [-0.15, -0.1) is 24.8 Å². The molecule has 2 aromatic rings. The molecule has 0 bridgehead atoms. The number of aromatic nitrogens is 2. The van der Waals surface area contributed by atoms with E-state index in [9.17, 15) is 0 Å². The molecule has 2 rings (SSSR count). The van der Waals surface area contributed by atoms with E-state index in [1.54, 1.807) is 0 Å². The standard InChI is InChI=1S/C11H15N3.2ClH/c1-9-13-10-5-2-3-6-11(10)14(9)8-4-7-12;;/h2-3,5-6H,4,7-8,12H2,1H3;2*1H. The number of para-hydroxylation sites is 2. The van der Waals surface area contributed by atoms with Crippen molar-refractivity contribution >= 4 is 35.8 Å². The summed E-state index contributed by atoms with van der Waals surface area (Å²) in [4.78, 5) is 4.49. The average molecular weight is 262 g/mol. The Kier molecular flexibility index (Phi) is 6.41. The van der Waals surface area contributed by atoms with Gasteiger partial charge in [0.05, 0.1) is 11.0 Å². The third-order valence-corrected chi connectivity index (χ3v) is 2.43. The molecule has 5 heteroatoms. The predicted molar refractivity (Wildman–Crippen MR) is 72.6 cm³/mol. The molecule has 1 aromatic carbocycles. The van der Waals surface area contributed by atoms with E-state index in [4.69, 9.17) is 5.73 Å². The summed E-state index contributed by atoms with van der Waals surface area (Å²) in [6.45, 7) is 3.73. The summed E-state index contributed by atoms with van der Waals surface area (Å²) in [5.74, 6) is 1.07. The van der Waals surface area contributed by atoms with Gasteiger partial charge in [-0.1, -0.05) is 12.1 Å². The number of hydrogen-bond donors (Lipinski definition) is 1. The molecule has 0 aliphatic rings. The molecule has 0 spiro atoms. The van der Waals surface area contributed by atoms with Crippen molar-refractivity contribution in [2.75, 3.05) is 6.54 Å². The number of fused-ring (bicyclic) bond motifs is 1. The van der Waals surface area contributed by atoms with Crippen LogP contribution < -0.4 is 5.73 Å². The third-order valence-electron chi connectivity index (χ3n) is 2.43. The lowest BCUT2D eigenvalue weighted by atomic mass is 10.3. The lowest BCUT2D eigenvalue weighted by Crippen LogP contribution is -2.06. The second-order valence-electron chi connectivity index (χ2n) is 3.44. The van der Waals surface area contributed by atoms with Gasteiger partial charge in [-0.25, -0.2) is 4.98 Å². The molecule has 16 heavy (non-hydrogen) atoms. The third kappa shape index (κ3) is 2.88. The molecular weight excluding hydrogens is 245 g/mol. The number of aryl methyl sites for hydroxylation is 2. The van der Waals surface area contributed by atoms with Crippen LogP contribution >= 0.6 is 24.8 Å². The highest BCUT2D eigenvalue weighted by Gasteiger charge is 2.04. The number of nitrogens with zero attached hydrogens (tertiary/aromatic N) is 2. The van der Waals surface area contributed by atoms with E-state index in [2.05, 4.69) is 15.6 Å². The van der Waals surface area contributed by atoms with Crippen molar-refractivity contribution in [1.82, 2.24) is 9.55 Å². The van der Waals surface area contributed by atoms with Crippen molar-refractivity contribution in [1.29, 1.82) is 0 Å². The normalized spacial score (nSPS) is 9.62. The summed E-state index contributed by atoms with van der Waals surface area (Å²) in [6, 6.07) is 8.21. The summed E-state index contributed by atoms with van der Waals surface area (Å²) in [6.07, 6.45) is 1.00. The van der Waals surface area contributed by atoms with Gasteiger partial charge in [-0.2, -0.15) is 0 Å². The summed E-state index contributed by atoms with van der Waals surface area (Å²) in [7, 11) is 0. The lowest BCUT2D eigenvalue weighted by Gasteiger charge is -2.04. The van der Waals surface area contributed by atoms with Gasteiger partial charge in [0.1, 0.15) is 5.82 Å². The van der Waals surface area contributed by atoms with E-state index in [1.807, 2.05) is 25.1 Å². The highest BCUT2D eigenvalue weighted by molar-refractivity contribution is 5.85. The minimum atomic E-state index is 0. The van der Waals surface area contributed by atoms with Crippen LogP contribution in [0, 0.1) is 6.92 Å². The quantitative estimate of drug-likeness (QED) is 0.923. The van der Waals surface area contributed by atoms with E-state index in [-0.39, 0.29) is 24.8 Å². The van der Waals surface area contributed by atoms with Gasteiger partial charge in [0.2, 0.25) is 0 Å². The first kappa shape index (κ1) is 15.2. The van der Waals surface area contributed by atoms with E-state index < -0.39 is 0 Å².